The van der Waals surface area contributed by atoms with E-state index in [4.69, 9.17) is 21.7 Å². The molecule has 27 heavy (non-hydrogen) atoms. The number of hydrogen-bond acceptors (Lipinski definition) is 5. The lowest BCUT2D eigenvalue weighted by Crippen LogP contribution is -2.23. The fraction of sp³-hybridized carbons (Fsp3) is 0.250. The molecule has 0 bridgehead atoms. The minimum absolute atomic E-state index is 0.0298. The van der Waals surface area contributed by atoms with Crippen molar-refractivity contribution in [3.8, 4) is 11.5 Å². The smallest absolute Gasteiger partial charge is 0.314 e. The predicted molar refractivity (Wildman–Crippen MR) is 109 cm³/mol. The quantitative estimate of drug-likeness (QED) is 0.261. The number of nitrogens with one attached hydrogen (secondary N) is 2. The summed E-state index contributed by atoms with van der Waals surface area (Å²) in [5, 5.41) is 7.55. The molecule has 1 fully saturated rings. The van der Waals surface area contributed by atoms with Crippen LogP contribution >= 0.6 is 12.2 Å². The van der Waals surface area contributed by atoms with Crippen LogP contribution in [0.15, 0.2) is 47.6 Å². The van der Waals surface area contributed by atoms with E-state index in [2.05, 4.69) is 15.8 Å². The number of ether oxygens (including phenoxy) is 2. The first-order valence-electron chi connectivity index (χ1n) is 8.61. The van der Waals surface area contributed by atoms with E-state index in [1.807, 2.05) is 31.2 Å². The van der Waals surface area contributed by atoms with E-state index >= 15 is 0 Å². The molecule has 1 aliphatic carbocycles. The molecule has 3 rings (SSSR count). The Balaban J connectivity index is 1.56. The molecule has 2 N–H and O–H groups in total. The van der Waals surface area contributed by atoms with Crippen molar-refractivity contribution in [3.05, 3.63) is 53.6 Å². The number of hydrogen-bond donors (Lipinski definition) is 2. The van der Waals surface area contributed by atoms with Crippen molar-refractivity contribution in [3.63, 3.8) is 0 Å². The molecule has 1 saturated carbocycles. The van der Waals surface area contributed by atoms with Gasteiger partial charge in [-0.15, -0.1) is 0 Å². The van der Waals surface area contributed by atoms with Crippen LogP contribution in [0.1, 0.15) is 24.0 Å². The molecule has 0 heterocycles. The van der Waals surface area contributed by atoms with Gasteiger partial charge >= 0.3 is 5.97 Å². The summed E-state index contributed by atoms with van der Waals surface area (Å²) in [6.07, 6.45) is 3.40. The summed E-state index contributed by atoms with van der Waals surface area (Å²) in [6, 6.07) is 13.1. The minimum atomic E-state index is -0.205. The molecule has 0 aliphatic heterocycles. The molecule has 0 unspecified atom stereocenters. The second-order valence-corrected chi connectivity index (χ2v) is 6.70. The Labute approximate surface area is 163 Å². The van der Waals surface area contributed by atoms with Crippen LogP contribution in [0.3, 0.4) is 0 Å². The number of hydrazone groups is 1. The number of aryl methyl sites for hydroxylation is 1. The Morgan fingerprint density at radius 1 is 1.19 bits per heavy atom. The van der Waals surface area contributed by atoms with Gasteiger partial charge in [0.25, 0.3) is 0 Å². The first-order chi connectivity index (χ1) is 13.0. The third-order valence-corrected chi connectivity index (χ3v) is 4.19. The Morgan fingerprint density at radius 3 is 2.59 bits per heavy atom. The van der Waals surface area contributed by atoms with Crippen molar-refractivity contribution < 1.29 is 14.3 Å². The molecule has 6 nitrogen and oxygen atoms in total. The molecule has 2 aromatic carbocycles. The molecule has 0 amide bonds. The van der Waals surface area contributed by atoms with Gasteiger partial charge in [-0.25, -0.2) is 0 Å². The summed E-state index contributed by atoms with van der Waals surface area (Å²) in [5.74, 6) is 0.718. The SMILES string of the molecule is COc1cc(/C=N\NC(=S)Nc2ccc(C)cc2)ccc1OC(=O)C1CC1. The van der Waals surface area contributed by atoms with Gasteiger partial charge < -0.3 is 14.8 Å². The van der Waals surface area contributed by atoms with Gasteiger partial charge in [0.05, 0.1) is 19.2 Å². The maximum atomic E-state index is 11.8. The largest absolute Gasteiger partial charge is 0.493 e. The molecule has 0 atom stereocenters. The summed E-state index contributed by atoms with van der Waals surface area (Å²) >= 11 is 5.21. The van der Waals surface area contributed by atoms with Crippen LogP contribution in [-0.4, -0.2) is 24.4 Å². The van der Waals surface area contributed by atoms with Crippen molar-refractivity contribution >= 4 is 35.2 Å². The van der Waals surface area contributed by atoms with Gasteiger partial charge in [0.15, 0.2) is 16.6 Å². The fourth-order valence-corrected chi connectivity index (χ4v) is 2.49. The number of rotatable bonds is 6. The van der Waals surface area contributed by atoms with Crippen LogP contribution in [0.25, 0.3) is 0 Å². The van der Waals surface area contributed by atoms with Crippen LogP contribution < -0.4 is 20.2 Å². The van der Waals surface area contributed by atoms with Crippen molar-refractivity contribution in [2.24, 2.45) is 11.0 Å². The Morgan fingerprint density at radius 2 is 1.93 bits per heavy atom. The van der Waals surface area contributed by atoms with E-state index in [9.17, 15) is 4.79 Å². The third-order valence-electron chi connectivity index (χ3n) is 4.00. The highest BCUT2D eigenvalue weighted by Gasteiger charge is 2.32. The molecular weight excluding hydrogens is 362 g/mol. The molecule has 0 aromatic heterocycles. The number of methoxy groups -OCH3 is 1. The van der Waals surface area contributed by atoms with E-state index < -0.39 is 0 Å². The summed E-state index contributed by atoms with van der Waals surface area (Å²) in [5.41, 5.74) is 5.61. The first kappa shape index (κ1) is 18.8. The van der Waals surface area contributed by atoms with Gasteiger partial charge in [0.1, 0.15) is 0 Å². The summed E-state index contributed by atoms with van der Waals surface area (Å²) in [6.45, 7) is 2.02. The van der Waals surface area contributed by atoms with E-state index in [-0.39, 0.29) is 11.9 Å². The zero-order valence-electron chi connectivity index (χ0n) is 15.2. The lowest BCUT2D eigenvalue weighted by Gasteiger charge is -2.09. The van der Waals surface area contributed by atoms with E-state index in [0.717, 1.165) is 24.1 Å². The van der Waals surface area contributed by atoms with Gasteiger partial charge in [0, 0.05) is 5.69 Å². The molecule has 2 aromatic rings. The van der Waals surface area contributed by atoms with Crippen molar-refractivity contribution in [1.29, 1.82) is 0 Å². The minimum Gasteiger partial charge on any atom is -0.493 e. The van der Waals surface area contributed by atoms with Crippen molar-refractivity contribution in [2.75, 3.05) is 12.4 Å². The number of carbonyl (C=O) groups is 1. The highest BCUT2D eigenvalue weighted by molar-refractivity contribution is 7.80. The topological polar surface area (TPSA) is 71.9 Å². The monoisotopic (exact) mass is 383 g/mol. The number of esters is 1. The number of nitrogens with zero attached hydrogens (tertiary/aromatic N) is 1. The first-order valence-corrected chi connectivity index (χ1v) is 9.02. The zero-order chi connectivity index (χ0) is 19.2. The molecule has 0 spiro atoms. The number of thiocarbonyl (C=S) groups is 1. The lowest BCUT2D eigenvalue weighted by molar-refractivity contribution is -0.135. The van der Waals surface area contributed by atoms with Gasteiger partial charge in [0.2, 0.25) is 0 Å². The number of benzene rings is 2. The standard InChI is InChI=1S/C20H21N3O3S/c1-13-3-8-16(9-4-13)22-20(27)23-21-12-14-5-10-17(18(11-14)25-2)26-19(24)15-6-7-15/h3-5,8-12,15H,6-7H2,1-2H3,(H2,22,23,27)/b21-12-. The maximum absolute atomic E-state index is 11.8. The molecule has 0 saturated heterocycles. The Hall–Kier alpha value is -2.93. The third kappa shape index (κ3) is 5.52. The van der Waals surface area contributed by atoms with Gasteiger partial charge in [-0.1, -0.05) is 17.7 Å². The normalized spacial score (nSPS) is 13.3. The molecular formula is C20H21N3O3S. The highest BCUT2D eigenvalue weighted by Crippen LogP contribution is 2.34. The summed E-state index contributed by atoms with van der Waals surface area (Å²) in [4.78, 5) is 11.8. The van der Waals surface area contributed by atoms with Crippen LogP contribution in [0, 0.1) is 12.8 Å². The number of carbonyl (C=O) groups excluding carboxylic acids is 1. The highest BCUT2D eigenvalue weighted by atomic mass is 32.1. The molecule has 0 radical (unpaired) electrons. The van der Waals surface area contributed by atoms with Crippen molar-refractivity contribution in [1.82, 2.24) is 5.43 Å². The van der Waals surface area contributed by atoms with Crippen LogP contribution in [0.2, 0.25) is 0 Å². The zero-order valence-corrected chi connectivity index (χ0v) is 16.0. The fourth-order valence-electron chi connectivity index (χ4n) is 2.32. The van der Waals surface area contributed by atoms with Crippen molar-refractivity contribution in [2.45, 2.75) is 19.8 Å². The van der Waals surface area contributed by atoms with E-state index in [1.54, 1.807) is 24.4 Å². The molecule has 7 heteroatoms. The number of anilines is 1. The maximum Gasteiger partial charge on any atom is 0.314 e. The second-order valence-electron chi connectivity index (χ2n) is 6.30. The molecule has 1 aliphatic rings. The molecule has 140 valence electrons. The second kappa shape index (κ2) is 8.64. The summed E-state index contributed by atoms with van der Waals surface area (Å²) < 4.78 is 10.7. The average molecular weight is 383 g/mol. The Bertz CT molecular complexity index is 861. The van der Waals surface area contributed by atoms with Gasteiger partial charge in [-0.05, 0) is 67.9 Å². The van der Waals surface area contributed by atoms with E-state index in [0.29, 0.717) is 16.6 Å². The average Bonchev–Trinajstić information content (AvgIpc) is 3.50. The van der Waals surface area contributed by atoms with Crippen LogP contribution in [-0.2, 0) is 4.79 Å². The Kier molecular flexibility index (Phi) is 6.03. The van der Waals surface area contributed by atoms with Crippen LogP contribution in [0.5, 0.6) is 11.5 Å². The predicted octanol–water partition coefficient (Wildman–Crippen LogP) is 3.64. The van der Waals surface area contributed by atoms with Crippen LogP contribution in [0.4, 0.5) is 5.69 Å². The van der Waals surface area contributed by atoms with E-state index in [1.165, 1.54) is 12.7 Å². The lowest BCUT2D eigenvalue weighted by atomic mass is 10.2. The van der Waals surface area contributed by atoms with Gasteiger partial charge in [-0.2, -0.15) is 5.10 Å². The summed E-state index contributed by atoms with van der Waals surface area (Å²) in [7, 11) is 1.53. The van der Waals surface area contributed by atoms with Gasteiger partial charge in [-0.3, -0.25) is 10.2 Å².